The molecule has 2 aromatic carbocycles. The summed E-state index contributed by atoms with van der Waals surface area (Å²) in [5.74, 6) is 0. The molecule has 0 aliphatic rings. The average molecular weight is 337 g/mol. The molecule has 116 valence electrons. The van der Waals surface area contributed by atoms with Crippen LogP contribution in [0.25, 0.3) is 32.8 Å². The molecule has 0 saturated heterocycles. The van der Waals surface area contributed by atoms with Gasteiger partial charge >= 0.3 is 0 Å². The van der Waals surface area contributed by atoms with Gasteiger partial charge in [-0.1, -0.05) is 37.8 Å². The van der Waals surface area contributed by atoms with E-state index < -0.39 is 8.07 Å². The van der Waals surface area contributed by atoms with Crippen molar-refractivity contribution >= 4 is 57.9 Å². The molecule has 0 fully saturated rings. The van der Waals surface area contributed by atoms with Crippen LogP contribution < -0.4 is 5.19 Å². The molecule has 0 spiro atoms. The molecule has 0 bridgehead atoms. The minimum Gasteiger partial charge on any atom is -0.339 e. The van der Waals surface area contributed by atoms with Gasteiger partial charge in [0.15, 0.2) is 0 Å². The predicted molar refractivity (Wildman–Crippen MR) is 106 cm³/mol. The first kappa shape index (κ1) is 14.8. The standard InChI is InChI=1S/C19H20N2SSi/c1-22-12-9-10-16-14(11-12)18(23(2,3)4)17-13-7-5-6-8-15(13)20-19(17)21-16/h5-11H,1-4H3,(H,20,21). The quantitative estimate of drug-likeness (QED) is 0.406. The Hall–Kier alpha value is -1.78. The molecule has 4 rings (SSSR count). The van der Waals surface area contributed by atoms with Crippen LogP contribution in [-0.2, 0) is 0 Å². The van der Waals surface area contributed by atoms with Crippen molar-refractivity contribution in [2.24, 2.45) is 0 Å². The second-order valence-electron chi connectivity index (χ2n) is 7.01. The number of benzene rings is 2. The van der Waals surface area contributed by atoms with Crippen molar-refractivity contribution in [3.63, 3.8) is 0 Å². The third-order valence-corrected chi connectivity index (χ3v) is 7.14. The Morgan fingerprint density at radius 1 is 1.00 bits per heavy atom. The van der Waals surface area contributed by atoms with E-state index in [2.05, 4.69) is 73.3 Å². The lowest BCUT2D eigenvalue weighted by Crippen LogP contribution is -2.39. The molecule has 0 unspecified atom stereocenters. The zero-order chi connectivity index (χ0) is 16.2. The molecule has 2 nitrogen and oxygen atoms in total. The van der Waals surface area contributed by atoms with E-state index in [9.17, 15) is 0 Å². The maximum Gasteiger partial charge on any atom is 0.138 e. The van der Waals surface area contributed by atoms with Crippen molar-refractivity contribution < 1.29 is 0 Å². The number of hydrogen-bond acceptors (Lipinski definition) is 2. The van der Waals surface area contributed by atoms with Crippen molar-refractivity contribution in [1.29, 1.82) is 0 Å². The number of pyridine rings is 1. The monoisotopic (exact) mass is 336 g/mol. The highest BCUT2D eigenvalue weighted by Gasteiger charge is 2.25. The number of nitrogens with zero attached hydrogens (tertiary/aromatic N) is 1. The summed E-state index contributed by atoms with van der Waals surface area (Å²) in [5.41, 5.74) is 3.29. The topological polar surface area (TPSA) is 28.7 Å². The van der Waals surface area contributed by atoms with Gasteiger partial charge in [0.25, 0.3) is 0 Å². The summed E-state index contributed by atoms with van der Waals surface area (Å²) in [6.07, 6.45) is 2.13. The van der Waals surface area contributed by atoms with Crippen LogP contribution in [0.1, 0.15) is 0 Å². The first-order valence-corrected chi connectivity index (χ1v) is 12.6. The Kier molecular flexibility index (Phi) is 3.29. The lowest BCUT2D eigenvalue weighted by atomic mass is 10.1. The van der Waals surface area contributed by atoms with Crippen LogP contribution in [0.2, 0.25) is 19.6 Å². The number of hydrogen-bond donors (Lipinski definition) is 1. The van der Waals surface area contributed by atoms with Crippen LogP contribution in [0, 0.1) is 0 Å². The fourth-order valence-electron chi connectivity index (χ4n) is 3.44. The maximum atomic E-state index is 4.92. The van der Waals surface area contributed by atoms with Crippen LogP contribution in [0.5, 0.6) is 0 Å². The first-order valence-electron chi connectivity index (χ1n) is 7.87. The molecule has 2 aromatic heterocycles. The summed E-state index contributed by atoms with van der Waals surface area (Å²) >= 11 is 1.79. The van der Waals surface area contributed by atoms with Crippen molar-refractivity contribution in [2.45, 2.75) is 24.5 Å². The van der Waals surface area contributed by atoms with Crippen LogP contribution in [0.3, 0.4) is 0 Å². The summed E-state index contributed by atoms with van der Waals surface area (Å²) in [4.78, 5) is 9.74. The Balaban J connectivity index is 2.29. The molecule has 4 heteroatoms. The SMILES string of the molecule is CSc1ccc2nc3[nH]c4ccccc4c3c([Si](C)(C)C)c2c1. The summed E-state index contributed by atoms with van der Waals surface area (Å²) in [6.45, 7) is 7.28. The number of aromatic nitrogens is 2. The van der Waals surface area contributed by atoms with Crippen LogP contribution in [0.4, 0.5) is 0 Å². The molecule has 0 aliphatic carbocycles. The second kappa shape index (κ2) is 5.11. The summed E-state index contributed by atoms with van der Waals surface area (Å²) < 4.78 is 0. The summed E-state index contributed by atoms with van der Waals surface area (Å²) in [5, 5.41) is 5.47. The van der Waals surface area contributed by atoms with E-state index in [-0.39, 0.29) is 0 Å². The average Bonchev–Trinajstić information content (AvgIpc) is 2.88. The van der Waals surface area contributed by atoms with E-state index >= 15 is 0 Å². The van der Waals surface area contributed by atoms with Gasteiger partial charge in [0, 0.05) is 26.6 Å². The smallest absolute Gasteiger partial charge is 0.138 e. The van der Waals surface area contributed by atoms with Gasteiger partial charge in [-0.2, -0.15) is 0 Å². The molecular weight excluding hydrogens is 316 g/mol. The lowest BCUT2D eigenvalue weighted by Gasteiger charge is -2.21. The largest absolute Gasteiger partial charge is 0.339 e. The van der Waals surface area contributed by atoms with Crippen LogP contribution in [0.15, 0.2) is 47.4 Å². The number of nitrogens with one attached hydrogen (secondary N) is 1. The molecule has 2 heterocycles. The van der Waals surface area contributed by atoms with Gasteiger partial charge in [-0.3, -0.25) is 0 Å². The zero-order valence-electron chi connectivity index (χ0n) is 13.9. The zero-order valence-corrected chi connectivity index (χ0v) is 15.7. The van der Waals surface area contributed by atoms with Crippen molar-refractivity contribution in [1.82, 2.24) is 9.97 Å². The van der Waals surface area contributed by atoms with Crippen LogP contribution in [-0.4, -0.2) is 24.3 Å². The molecule has 0 atom stereocenters. The Morgan fingerprint density at radius 3 is 2.52 bits per heavy atom. The highest BCUT2D eigenvalue weighted by Crippen LogP contribution is 2.30. The third-order valence-electron chi connectivity index (χ3n) is 4.39. The Bertz CT molecular complexity index is 1040. The minimum atomic E-state index is -1.55. The van der Waals surface area contributed by atoms with E-state index in [0.29, 0.717) is 0 Å². The highest BCUT2D eigenvalue weighted by atomic mass is 32.2. The predicted octanol–water partition coefficient (Wildman–Crippen LogP) is 5.14. The number of para-hydroxylation sites is 1. The first-order chi connectivity index (χ1) is 11.0. The van der Waals surface area contributed by atoms with Crippen LogP contribution >= 0.6 is 11.8 Å². The van der Waals surface area contributed by atoms with Gasteiger partial charge in [-0.05, 0) is 35.7 Å². The Labute approximate surface area is 141 Å². The molecule has 1 N–H and O–H groups in total. The summed E-state index contributed by atoms with van der Waals surface area (Å²) in [6, 6.07) is 15.2. The number of thioether (sulfide) groups is 1. The number of rotatable bonds is 2. The van der Waals surface area contributed by atoms with E-state index in [0.717, 1.165) is 11.2 Å². The van der Waals surface area contributed by atoms with E-state index in [1.807, 2.05) is 0 Å². The Morgan fingerprint density at radius 2 is 1.78 bits per heavy atom. The van der Waals surface area contributed by atoms with Gasteiger partial charge in [0.2, 0.25) is 0 Å². The van der Waals surface area contributed by atoms with Crippen molar-refractivity contribution in [3.05, 3.63) is 42.5 Å². The van der Waals surface area contributed by atoms with E-state index in [4.69, 9.17) is 4.98 Å². The van der Waals surface area contributed by atoms with E-state index in [1.54, 1.807) is 11.8 Å². The number of fused-ring (bicyclic) bond motifs is 4. The van der Waals surface area contributed by atoms with E-state index in [1.165, 1.54) is 31.8 Å². The molecular formula is C19H20N2SSi. The van der Waals surface area contributed by atoms with Gasteiger partial charge in [-0.15, -0.1) is 11.8 Å². The fraction of sp³-hybridized carbons (Fsp3) is 0.211. The summed E-state index contributed by atoms with van der Waals surface area (Å²) in [7, 11) is -1.55. The third kappa shape index (κ3) is 2.28. The number of H-pyrrole nitrogens is 1. The van der Waals surface area contributed by atoms with Gasteiger partial charge in [0.1, 0.15) is 5.65 Å². The van der Waals surface area contributed by atoms with Gasteiger partial charge in [-0.25, -0.2) is 4.98 Å². The van der Waals surface area contributed by atoms with Gasteiger partial charge < -0.3 is 4.98 Å². The lowest BCUT2D eigenvalue weighted by molar-refractivity contribution is 1.39. The highest BCUT2D eigenvalue weighted by molar-refractivity contribution is 7.98. The molecule has 0 aliphatic heterocycles. The number of aromatic amines is 1. The molecule has 4 aromatic rings. The van der Waals surface area contributed by atoms with Crippen molar-refractivity contribution in [3.8, 4) is 0 Å². The maximum absolute atomic E-state index is 4.92. The van der Waals surface area contributed by atoms with Gasteiger partial charge in [0.05, 0.1) is 13.6 Å². The molecule has 0 saturated carbocycles. The second-order valence-corrected chi connectivity index (χ2v) is 12.9. The normalized spacial score (nSPS) is 12.5. The molecule has 0 radical (unpaired) electrons. The minimum absolute atomic E-state index is 1.02. The van der Waals surface area contributed by atoms with Crippen molar-refractivity contribution in [2.75, 3.05) is 6.26 Å². The molecule has 23 heavy (non-hydrogen) atoms. The molecule has 0 amide bonds. The fourth-order valence-corrected chi connectivity index (χ4v) is 5.89.